The first-order valence-electron chi connectivity index (χ1n) is 5.33. The van der Waals surface area contributed by atoms with Crippen LogP contribution in [-0.4, -0.2) is 42.4 Å². The predicted octanol–water partition coefficient (Wildman–Crippen LogP) is -0.619. The van der Waals surface area contributed by atoms with Crippen molar-refractivity contribution in [1.29, 1.82) is 0 Å². The second kappa shape index (κ2) is 5.44. The van der Waals surface area contributed by atoms with E-state index >= 15 is 0 Å². The SMILES string of the molecule is CC(N)CC(=O)NC1(CO)CCOCC1. The average molecular weight is 216 g/mol. The molecule has 5 nitrogen and oxygen atoms in total. The van der Waals surface area contributed by atoms with Crippen LogP contribution in [0.4, 0.5) is 0 Å². The molecule has 1 heterocycles. The lowest BCUT2D eigenvalue weighted by Gasteiger charge is -2.36. The van der Waals surface area contributed by atoms with Crippen LogP contribution >= 0.6 is 0 Å². The average Bonchev–Trinajstić information content (AvgIpc) is 2.17. The fraction of sp³-hybridized carbons (Fsp3) is 0.900. The second-order valence-corrected chi connectivity index (χ2v) is 4.28. The molecule has 0 saturated carbocycles. The normalized spacial score (nSPS) is 22.1. The molecule has 5 heteroatoms. The molecule has 0 aliphatic carbocycles. The second-order valence-electron chi connectivity index (χ2n) is 4.28. The lowest BCUT2D eigenvalue weighted by Crippen LogP contribution is -2.55. The molecule has 0 radical (unpaired) electrons. The van der Waals surface area contributed by atoms with Gasteiger partial charge in [0, 0.05) is 25.7 Å². The van der Waals surface area contributed by atoms with E-state index in [1.54, 1.807) is 6.92 Å². The summed E-state index contributed by atoms with van der Waals surface area (Å²) in [5.74, 6) is -0.0963. The molecule has 88 valence electrons. The highest BCUT2D eigenvalue weighted by molar-refractivity contribution is 5.77. The maximum absolute atomic E-state index is 11.5. The summed E-state index contributed by atoms with van der Waals surface area (Å²) in [6, 6.07) is -0.152. The van der Waals surface area contributed by atoms with E-state index in [0.717, 1.165) is 0 Å². The highest BCUT2D eigenvalue weighted by Crippen LogP contribution is 2.20. The van der Waals surface area contributed by atoms with Crippen molar-refractivity contribution < 1.29 is 14.6 Å². The van der Waals surface area contributed by atoms with Gasteiger partial charge in [0.2, 0.25) is 5.91 Å². The Morgan fingerprint density at radius 1 is 1.60 bits per heavy atom. The van der Waals surface area contributed by atoms with Crippen molar-refractivity contribution in [2.24, 2.45) is 5.73 Å². The van der Waals surface area contributed by atoms with E-state index in [1.807, 2.05) is 0 Å². The molecule has 0 aromatic carbocycles. The minimum atomic E-state index is -0.496. The number of rotatable bonds is 4. The summed E-state index contributed by atoms with van der Waals surface area (Å²) >= 11 is 0. The van der Waals surface area contributed by atoms with Gasteiger partial charge in [-0.2, -0.15) is 0 Å². The van der Waals surface area contributed by atoms with E-state index in [-0.39, 0.29) is 18.6 Å². The third kappa shape index (κ3) is 3.77. The highest BCUT2D eigenvalue weighted by Gasteiger charge is 2.33. The van der Waals surface area contributed by atoms with Crippen LogP contribution in [0.5, 0.6) is 0 Å². The Balaban J connectivity index is 2.47. The van der Waals surface area contributed by atoms with Crippen LogP contribution in [0.15, 0.2) is 0 Å². The van der Waals surface area contributed by atoms with E-state index in [4.69, 9.17) is 10.5 Å². The molecule has 0 aromatic heterocycles. The van der Waals surface area contributed by atoms with Crippen LogP contribution in [0, 0.1) is 0 Å². The molecule has 1 aliphatic heterocycles. The van der Waals surface area contributed by atoms with Crippen molar-refractivity contribution in [3.63, 3.8) is 0 Å². The zero-order chi connectivity index (χ0) is 11.3. The lowest BCUT2D eigenvalue weighted by atomic mass is 9.90. The Hall–Kier alpha value is -0.650. The number of nitrogens with one attached hydrogen (secondary N) is 1. The van der Waals surface area contributed by atoms with Crippen molar-refractivity contribution in [3.8, 4) is 0 Å². The van der Waals surface area contributed by atoms with Crippen molar-refractivity contribution in [2.45, 2.75) is 37.8 Å². The van der Waals surface area contributed by atoms with Crippen molar-refractivity contribution in [3.05, 3.63) is 0 Å². The Kier molecular flexibility index (Phi) is 4.50. The standard InChI is InChI=1S/C10H20N2O3/c1-8(11)6-9(14)12-10(7-13)2-4-15-5-3-10/h8,13H,2-7,11H2,1H3,(H,12,14). The summed E-state index contributed by atoms with van der Waals surface area (Å²) in [5.41, 5.74) is 5.04. The third-order valence-electron chi connectivity index (χ3n) is 2.66. The fourth-order valence-electron chi connectivity index (χ4n) is 1.72. The predicted molar refractivity (Wildman–Crippen MR) is 56.3 cm³/mol. The van der Waals surface area contributed by atoms with Crippen LogP contribution in [0.2, 0.25) is 0 Å². The smallest absolute Gasteiger partial charge is 0.222 e. The van der Waals surface area contributed by atoms with Gasteiger partial charge in [0.1, 0.15) is 0 Å². The first kappa shape index (κ1) is 12.4. The zero-order valence-electron chi connectivity index (χ0n) is 9.16. The van der Waals surface area contributed by atoms with Gasteiger partial charge in [-0.25, -0.2) is 0 Å². The van der Waals surface area contributed by atoms with E-state index in [9.17, 15) is 9.90 Å². The first-order chi connectivity index (χ1) is 7.08. The molecule has 0 aromatic rings. The largest absolute Gasteiger partial charge is 0.394 e. The van der Waals surface area contributed by atoms with Gasteiger partial charge in [0.25, 0.3) is 0 Å². The van der Waals surface area contributed by atoms with Crippen LogP contribution in [0.3, 0.4) is 0 Å². The van der Waals surface area contributed by atoms with Crippen molar-refractivity contribution in [2.75, 3.05) is 19.8 Å². The molecule has 1 amide bonds. The number of aliphatic hydroxyl groups excluding tert-OH is 1. The minimum Gasteiger partial charge on any atom is -0.394 e. The van der Waals surface area contributed by atoms with Gasteiger partial charge in [-0.15, -0.1) is 0 Å². The van der Waals surface area contributed by atoms with Crippen LogP contribution in [0.1, 0.15) is 26.2 Å². The summed E-state index contributed by atoms with van der Waals surface area (Å²) in [5, 5.41) is 12.2. The molecule has 1 unspecified atom stereocenters. The number of carbonyl (C=O) groups excluding carboxylic acids is 1. The summed E-state index contributed by atoms with van der Waals surface area (Å²) in [4.78, 5) is 11.5. The van der Waals surface area contributed by atoms with Gasteiger partial charge >= 0.3 is 0 Å². The monoisotopic (exact) mass is 216 g/mol. The number of nitrogens with two attached hydrogens (primary N) is 1. The summed E-state index contributed by atoms with van der Waals surface area (Å²) < 4.78 is 5.20. The number of aliphatic hydroxyl groups is 1. The Labute approximate surface area is 90.0 Å². The maximum atomic E-state index is 11.5. The molecule has 1 rings (SSSR count). The molecule has 0 bridgehead atoms. The number of ether oxygens (including phenoxy) is 1. The number of amides is 1. The van der Waals surface area contributed by atoms with Crippen LogP contribution in [0.25, 0.3) is 0 Å². The highest BCUT2D eigenvalue weighted by atomic mass is 16.5. The molecular formula is C10H20N2O3. The van der Waals surface area contributed by atoms with E-state index in [2.05, 4.69) is 5.32 Å². The summed E-state index contributed by atoms with van der Waals surface area (Å²) in [6.07, 6.45) is 1.62. The summed E-state index contributed by atoms with van der Waals surface area (Å²) in [7, 11) is 0. The van der Waals surface area contributed by atoms with Crippen LogP contribution in [-0.2, 0) is 9.53 Å². The lowest BCUT2D eigenvalue weighted by molar-refractivity contribution is -0.125. The van der Waals surface area contributed by atoms with Crippen molar-refractivity contribution >= 4 is 5.91 Å². The van der Waals surface area contributed by atoms with Gasteiger partial charge in [-0.05, 0) is 19.8 Å². The molecule has 0 spiro atoms. The molecule has 4 N–H and O–H groups in total. The Morgan fingerprint density at radius 2 is 2.20 bits per heavy atom. The van der Waals surface area contributed by atoms with Gasteiger partial charge in [-0.1, -0.05) is 0 Å². The quantitative estimate of drug-likeness (QED) is 0.585. The Morgan fingerprint density at radius 3 is 2.67 bits per heavy atom. The van der Waals surface area contributed by atoms with E-state index in [1.165, 1.54) is 0 Å². The molecule has 1 saturated heterocycles. The molecule has 1 aliphatic rings. The number of carbonyl (C=O) groups is 1. The molecule has 1 atom stereocenters. The minimum absolute atomic E-state index is 0.0406. The summed E-state index contributed by atoms with van der Waals surface area (Å²) in [6.45, 7) is 2.91. The van der Waals surface area contributed by atoms with Gasteiger partial charge in [-0.3, -0.25) is 4.79 Å². The van der Waals surface area contributed by atoms with Crippen molar-refractivity contribution in [1.82, 2.24) is 5.32 Å². The van der Waals surface area contributed by atoms with Gasteiger partial charge in [0.15, 0.2) is 0 Å². The number of hydrogen-bond acceptors (Lipinski definition) is 4. The topological polar surface area (TPSA) is 84.6 Å². The van der Waals surface area contributed by atoms with E-state index < -0.39 is 5.54 Å². The fourth-order valence-corrected chi connectivity index (χ4v) is 1.72. The van der Waals surface area contributed by atoms with E-state index in [0.29, 0.717) is 32.5 Å². The third-order valence-corrected chi connectivity index (χ3v) is 2.66. The Bertz CT molecular complexity index is 213. The molecule has 15 heavy (non-hydrogen) atoms. The maximum Gasteiger partial charge on any atom is 0.222 e. The first-order valence-corrected chi connectivity index (χ1v) is 5.33. The zero-order valence-corrected chi connectivity index (χ0v) is 9.16. The molecule has 1 fully saturated rings. The van der Waals surface area contributed by atoms with Gasteiger partial charge < -0.3 is 20.9 Å². The van der Waals surface area contributed by atoms with Gasteiger partial charge in [0.05, 0.1) is 12.1 Å². The molecular weight excluding hydrogens is 196 g/mol. The van der Waals surface area contributed by atoms with Crippen LogP contribution < -0.4 is 11.1 Å². The number of hydrogen-bond donors (Lipinski definition) is 3.